The number of amides is 1. The molecule has 0 saturated heterocycles. The highest BCUT2D eigenvalue weighted by Gasteiger charge is 2.69. The second kappa shape index (κ2) is 6.68. The van der Waals surface area contributed by atoms with Crippen LogP contribution in [-0.4, -0.2) is 34.3 Å². The summed E-state index contributed by atoms with van der Waals surface area (Å²) < 4.78 is 8.95. The highest BCUT2D eigenvalue weighted by molar-refractivity contribution is 6.53. The number of ether oxygens (including phenoxy) is 2. The van der Waals surface area contributed by atoms with Crippen molar-refractivity contribution in [3.8, 4) is 5.75 Å². The SMILES string of the molecule is COc1ccc([N+](=O)[O-])cc1NC(=O)[C@@H](C)OC(=O)[C@]1(C)CC1(Cl)Cl. The van der Waals surface area contributed by atoms with Crippen molar-refractivity contribution >= 4 is 46.5 Å². The number of esters is 1. The molecule has 0 unspecified atom stereocenters. The van der Waals surface area contributed by atoms with Gasteiger partial charge >= 0.3 is 5.97 Å². The first kappa shape index (κ1) is 19.3. The van der Waals surface area contributed by atoms with E-state index in [0.29, 0.717) is 0 Å². The Hall–Kier alpha value is -2.06. The molecule has 0 radical (unpaired) electrons. The molecule has 0 aliphatic heterocycles. The first-order chi connectivity index (χ1) is 11.5. The monoisotopic (exact) mass is 390 g/mol. The molecular weight excluding hydrogens is 375 g/mol. The molecule has 0 bridgehead atoms. The lowest BCUT2D eigenvalue weighted by Crippen LogP contribution is -2.33. The number of non-ortho nitro benzene ring substituents is 1. The number of halogens is 2. The van der Waals surface area contributed by atoms with Crippen molar-refractivity contribution in [3.05, 3.63) is 28.3 Å². The number of benzene rings is 1. The van der Waals surface area contributed by atoms with E-state index in [0.717, 1.165) is 6.07 Å². The van der Waals surface area contributed by atoms with Crippen molar-refractivity contribution in [3.63, 3.8) is 0 Å². The van der Waals surface area contributed by atoms with Crippen molar-refractivity contribution in [2.24, 2.45) is 5.41 Å². The quantitative estimate of drug-likeness (QED) is 0.346. The summed E-state index contributed by atoms with van der Waals surface area (Å²) in [5.41, 5.74) is -1.19. The van der Waals surface area contributed by atoms with E-state index in [9.17, 15) is 19.7 Å². The lowest BCUT2D eigenvalue weighted by Gasteiger charge is -2.18. The second-order valence-electron chi connectivity index (χ2n) is 5.89. The van der Waals surface area contributed by atoms with Crippen molar-refractivity contribution < 1.29 is 24.0 Å². The first-order valence-electron chi connectivity index (χ1n) is 7.24. The molecule has 1 saturated carbocycles. The molecule has 1 aromatic carbocycles. The van der Waals surface area contributed by atoms with Crippen LogP contribution >= 0.6 is 23.2 Å². The Morgan fingerprint density at radius 2 is 2.00 bits per heavy atom. The number of rotatable bonds is 6. The molecule has 136 valence electrons. The fraction of sp³-hybridized carbons (Fsp3) is 0.467. The van der Waals surface area contributed by atoms with Gasteiger partial charge in [-0.2, -0.15) is 0 Å². The van der Waals surface area contributed by atoms with E-state index in [2.05, 4.69) is 5.32 Å². The van der Waals surface area contributed by atoms with Gasteiger partial charge in [0.25, 0.3) is 11.6 Å². The van der Waals surface area contributed by atoms with Crippen LogP contribution in [0.5, 0.6) is 5.75 Å². The maximum absolute atomic E-state index is 12.2. The second-order valence-corrected chi connectivity index (χ2v) is 7.38. The van der Waals surface area contributed by atoms with Crippen LogP contribution in [0.2, 0.25) is 0 Å². The largest absolute Gasteiger partial charge is 0.495 e. The molecule has 1 amide bonds. The number of methoxy groups -OCH3 is 1. The lowest BCUT2D eigenvalue weighted by atomic mass is 10.1. The van der Waals surface area contributed by atoms with Crippen LogP contribution in [0.25, 0.3) is 0 Å². The van der Waals surface area contributed by atoms with E-state index in [1.54, 1.807) is 6.92 Å². The van der Waals surface area contributed by atoms with Crippen LogP contribution < -0.4 is 10.1 Å². The molecule has 1 aliphatic rings. The Balaban J connectivity index is 2.07. The Bertz CT molecular complexity index is 739. The minimum Gasteiger partial charge on any atom is -0.495 e. The number of nitro benzene ring substituents is 1. The molecule has 1 N–H and O–H groups in total. The number of hydrogen-bond acceptors (Lipinski definition) is 6. The fourth-order valence-electron chi connectivity index (χ4n) is 2.11. The van der Waals surface area contributed by atoms with Crippen LogP contribution in [0.3, 0.4) is 0 Å². The van der Waals surface area contributed by atoms with Gasteiger partial charge in [0.2, 0.25) is 0 Å². The number of carbonyl (C=O) groups is 2. The van der Waals surface area contributed by atoms with Gasteiger partial charge in [0.1, 0.15) is 15.5 Å². The fourth-order valence-corrected chi connectivity index (χ4v) is 2.80. The highest BCUT2D eigenvalue weighted by Crippen LogP contribution is 2.64. The molecule has 8 nitrogen and oxygen atoms in total. The zero-order valence-electron chi connectivity index (χ0n) is 13.7. The van der Waals surface area contributed by atoms with Crippen molar-refractivity contribution in [2.45, 2.75) is 30.7 Å². The van der Waals surface area contributed by atoms with E-state index in [4.69, 9.17) is 32.7 Å². The molecule has 1 fully saturated rings. The molecule has 2 atom stereocenters. The van der Waals surface area contributed by atoms with Crippen LogP contribution in [-0.2, 0) is 14.3 Å². The topological polar surface area (TPSA) is 108 Å². The summed E-state index contributed by atoms with van der Waals surface area (Å²) in [6.07, 6.45) is -0.923. The van der Waals surface area contributed by atoms with Crippen LogP contribution in [0.1, 0.15) is 20.3 Å². The maximum Gasteiger partial charge on any atom is 0.315 e. The van der Waals surface area contributed by atoms with E-state index in [-0.39, 0.29) is 23.5 Å². The maximum atomic E-state index is 12.2. The molecule has 2 rings (SSSR count). The van der Waals surface area contributed by atoms with Gasteiger partial charge in [-0.05, 0) is 19.9 Å². The lowest BCUT2D eigenvalue weighted by molar-refractivity contribution is -0.384. The summed E-state index contributed by atoms with van der Waals surface area (Å²) in [7, 11) is 1.36. The van der Waals surface area contributed by atoms with Gasteiger partial charge in [-0.3, -0.25) is 19.7 Å². The Morgan fingerprint density at radius 1 is 1.40 bits per heavy atom. The third-order valence-corrected chi connectivity index (χ3v) is 5.11. The number of alkyl halides is 2. The zero-order chi connectivity index (χ0) is 19.0. The number of anilines is 1. The average molecular weight is 391 g/mol. The molecule has 1 aromatic rings. The summed E-state index contributed by atoms with van der Waals surface area (Å²) in [5, 5.41) is 13.3. The van der Waals surface area contributed by atoms with Gasteiger partial charge in [-0.1, -0.05) is 0 Å². The number of hydrogen-bond donors (Lipinski definition) is 1. The van der Waals surface area contributed by atoms with E-state index < -0.39 is 32.7 Å². The molecule has 25 heavy (non-hydrogen) atoms. The summed E-state index contributed by atoms with van der Waals surface area (Å²) in [4.78, 5) is 34.6. The minimum absolute atomic E-state index is 0.0891. The molecule has 0 spiro atoms. The standard InChI is InChI=1S/C15H16Cl2N2O6/c1-8(25-13(21)14(2)7-15(14,16)17)12(20)18-10-6-9(19(22)23)4-5-11(10)24-3/h4-6,8H,7H2,1-3H3,(H,18,20)/t8-,14+/m1/s1. The number of nitrogens with one attached hydrogen (secondary N) is 1. The van der Waals surface area contributed by atoms with Crippen molar-refractivity contribution in [2.75, 3.05) is 12.4 Å². The summed E-state index contributed by atoms with van der Waals surface area (Å²) in [5.74, 6) is -1.13. The summed E-state index contributed by atoms with van der Waals surface area (Å²) in [6, 6.07) is 3.74. The van der Waals surface area contributed by atoms with E-state index in [1.807, 2.05) is 0 Å². The molecule has 1 aliphatic carbocycles. The zero-order valence-corrected chi connectivity index (χ0v) is 15.2. The Morgan fingerprint density at radius 3 is 2.48 bits per heavy atom. The summed E-state index contributed by atoms with van der Waals surface area (Å²) >= 11 is 11.8. The Labute approximate surface area is 153 Å². The average Bonchev–Trinajstić information content (AvgIpc) is 3.06. The predicted octanol–water partition coefficient (Wildman–Crippen LogP) is 3.06. The van der Waals surface area contributed by atoms with Gasteiger partial charge in [-0.15, -0.1) is 23.2 Å². The normalized spacial score (nSPS) is 21.8. The predicted molar refractivity (Wildman–Crippen MR) is 91.0 cm³/mol. The van der Waals surface area contributed by atoms with Gasteiger partial charge in [0.15, 0.2) is 6.10 Å². The Kier molecular flexibility index (Phi) is 5.15. The van der Waals surface area contributed by atoms with E-state index in [1.165, 1.54) is 26.2 Å². The minimum atomic E-state index is -1.20. The smallest absolute Gasteiger partial charge is 0.315 e. The number of nitro groups is 1. The van der Waals surface area contributed by atoms with Crippen LogP contribution in [0.15, 0.2) is 18.2 Å². The van der Waals surface area contributed by atoms with Crippen molar-refractivity contribution in [1.29, 1.82) is 0 Å². The first-order valence-corrected chi connectivity index (χ1v) is 7.99. The van der Waals surface area contributed by atoms with Gasteiger partial charge < -0.3 is 14.8 Å². The van der Waals surface area contributed by atoms with Crippen molar-refractivity contribution in [1.82, 2.24) is 0 Å². The summed E-state index contributed by atoms with van der Waals surface area (Å²) in [6.45, 7) is 2.91. The van der Waals surface area contributed by atoms with Gasteiger partial charge in [-0.25, -0.2) is 0 Å². The highest BCUT2D eigenvalue weighted by atomic mass is 35.5. The van der Waals surface area contributed by atoms with E-state index >= 15 is 0 Å². The number of nitrogens with zero attached hydrogens (tertiary/aromatic N) is 1. The van der Waals surface area contributed by atoms with Crippen LogP contribution in [0, 0.1) is 15.5 Å². The molecule has 0 heterocycles. The third kappa shape index (κ3) is 3.80. The van der Waals surface area contributed by atoms with Crippen LogP contribution in [0.4, 0.5) is 11.4 Å². The molecule has 10 heteroatoms. The number of carbonyl (C=O) groups excluding carboxylic acids is 2. The molecular formula is C15H16Cl2N2O6. The van der Waals surface area contributed by atoms with Gasteiger partial charge in [0.05, 0.1) is 17.7 Å². The molecule has 0 aromatic heterocycles. The van der Waals surface area contributed by atoms with Gasteiger partial charge in [0, 0.05) is 18.6 Å². The third-order valence-electron chi connectivity index (χ3n) is 4.01.